The van der Waals surface area contributed by atoms with Gasteiger partial charge in [-0.3, -0.25) is 4.68 Å². The van der Waals surface area contributed by atoms with Gasteiger partial charge >= 0.3 is 0 Å². The lowest BCUT2D eigenvalue weighted by Crippen LogP contribution is -2.18. The SMILES string of the molecule is CCc1nn(C)cc1CN[C@H](C)c1ccco1. The average Bonchev–Trinajstić information content (AvgIpc) is 2.94. The minimum Gasteiger partial charge on any atom is -0.468 e. The predicted octanol–water partition coefficient (Wildman–Crippen LogP) is 2.43. The van der Waals surface area contributed by atoms with Crippen LogP contribution in [-0.2, 0) is 20.0 Å². The van der Waals surface area contributed by atoms with E-state index in [1.54, 1.807) is 6.26 Å². The van der Waals surface area contributed by atoms with E-state index in [9.17, 15) is 0 Å². The van der Waals surface area contributed by atoms with Gasteiger partial charge < -0.3 is 9.73 Å². The van der Waals surface area contributed by atoms with Gasteiger partial charge in [0, 0.05) is 25.4 Å². The minimum absolute atomic E-state index is 0.218. The Bertz CT molecular complexity index is 459. The van der Waals surface area contributed by atoms with Gasteiger partial charge in [0.05, 0.1) is 18.0 Å². The maximum Gasteiger partial charge on any atom is 0.120 e. The molecular weight excluding hydrogens is 214 g/mol. The van der Waals surface area contributed by atoms with E-state index in [1.807, 2.05) is 23.9 Å². The molecule has 0 spiro atoms. The molecule has 0 saturated carbocycles. The third-order valence-electron chi connectivity index (χ3n) is 2.90. The zero-order valence-corrected chi connectivity index (χ0v) is 10.6. The Morgan fingerprint density at radius 3 is 3.00 bits per heavy atom. The van der Waals surface area contributed by atoms with Crippen LogP contribution in [0.15, 0.2) is 29.0 Å². The highest BCUT2D eigenvalue weighted by atomic mass is 16.3. The van der Waals surface area contributed by atoms with Crippen LogP contribution in [0.2, 0.25) is 0 Å². The quantitative estimate of drug-likeness (QED) is 0.862. The topological polar surface area (TPSA) is 43.0 Å². The summed E-state index contributed by atoms with van der Waals surface area (Å²) in [6.07, 6.45) is 4.74. The van der Waals surface area contributed by atoms with Gasteiger partial charge in [-0.25, -0.2) is 0 Å². The third kappa shape index (κ3) is 2.77. The number of hydrogen-bond donors (Lipinski definition) is 1. The van der Waals surface area contributed by atoms with E-state index in [0.29, 0.717) is 0 Å². The number of furan rings is 1. The second kappa shape index (κ2) is 5.19. The number of rotatable bonds is 5. The highest BCUT2D eigenvalue weighted by Gasteiger charge is 2.10. The lowest BCUT2D eigenvalue weighted by molar-refractivity contribution is 0.430. The normalized spacial score (nSPS) is 12.9. The van der Waals surface area contributed by atoms with Crippen LogP contribution in [0.25, 0.3) is 0 Å². The smallest absolute Gasteiger partial charge is 0.120 e. The first kappa shape index (κ1) is 11.9. The Labute approximate surface area is 102 Å². The van der Waals surface area contributed by atoms with Crippen molar-refractivity contribution in [2.24, 2.45) is 7.05 Å². The molecule has 0 amide bonds. The molecular formula is C13H19N3O. The Hall–Kier alpha value is -1.55. The fraction of sp³-hybridized carbons (Fsp3) is 0.462. The standard InChI is InChI=1S/C13H19N3O/c1-4-12-11(9-16(3)15-12)8-14-10(2)13-6-5-7-17-13/h5-7,9-10,14H,4,8H2,1-3H3/t10-/m1/s1. The van der Waals surface area contributed by atoms with Crippen molar-refractivity contribution in [2.45, 2.75) is 32.9 Å². The lowest BCUT2D eigenvalue weighted by Gasteiger charge is -2.10. The van der Waals surface area contributed by atoms with Gasteiger partial charge in [0.1, 0.15) is 5.76 Å². The van der Waals surface area contributed by atoms with Gasteiger partial charge in [-0.05, 0) is 25.5 Å². The van der Waals surface area contributed by atoms with Gasteiger partial charge in [-0.1, -0.05) is 6.92 Å². The van der Waals surface area contributed by atoms with E-state index >= 15 is 0 Å². The van der Waals surface area contributed by atoms with Gasteiger partial charge in [0.2, 0.25) is 0 Å². The molecule has 4 nitrogen and oxygen atoms in total. The largest absolute Gasteiger partial charge is 0.468 e. The van der Waals surface area contributed by atoms with Crippen molar-refractivity contribution in [3.8, 4) is 0 Å². The summed E-state index contributed by atoms with van der Waals surface area (Å²) < 4.78 is 7.23. The fourth-order valence-electron chi connectivity index (χ4n) is 1.93. The number of nitrogens with zero attached hydrogens (tertiary/aromatic N) is 2. The molecule has 0 aliphatic carbocycles. The molecule has 1 N–H and O–H groups in total. The van der Waals surface area contributed by atoms with Crippen LogP contribution in [0.5, 0.6) is 0 Å². The molecule has 17 heavy (non-hydrogen) atoms. The molecule has 2 rings (SSSR count). The minimum atomic E-state index is 0.218. The molecule has 92 valence electrons. The van der Waals surface area contributed by atoms with E-state index in [1.165, 1.54) is 5.56 Å². The Morgan fingerprint density at radius 2 is 2.35 bits per heavy atom. The summed E-state index contributed by atoms with van der Waals surface area (Å²) in [6, 6.07) is 4.12. The van der Waals surface area contributed by atoms with Gasteiger partial charge in [0.25, 0.3) is 0 Å². The van der Waals surface area contributed by atoms with Crippen LogP contribution < -0.4 is 5.32 Å². The summed E-state index contributed by atoms with van der Waals surface area (Å²) in [5.74, 6) is 0.965. The molecule has 0 bridgehead atoms. The van der Waals surface area contributed by atoms with Crippen LogP contribution in [0, 0.1) is 0 Å². The summed E-state index contributed by atoms with van der Waals surface area (Å²) in [6.45, 7) is 5.04. The molecule has 0 radical (unpaired) electrons. The van der Waals surface area contributed by atoms with Gasteiger partial charge in [0.15, 0.2) is 0 Å². The molecule has 0 aromatic carbocycles. The molecule has 0 aliphatic rings. The van der Waals surface area contributed by atoms with E-state index in [4.69, 9.17) is 4.42 Å². The van der Waals surface area contributed by atoms with Crippen molar-refractivity contribution in [1.29, 1.82) is 0 Å². The monoisotopic (exact) mass is 233 g/mol. The zero-order valence-electron chi connectivity index (χ0n) is 10.6. The van der Waals surface area contributed by atoms with Crippen LogP contribution in [0.3, 0.4) is 0 Å². The Morgan fingerprint density at radius 1 is 1.53 bits per heavy atom. The molecule has 4 heteroatoms. The number of nitrogens with one attached hydrogen (secondary N) is 1. The molecule has 0 unspecified atom stereocenters. The molecule has 0 aliphatic heterocycles. The van der Waals surface area contributed by atoms with Crippen LogP contribution in [-0.4, -0.2) is 9.78 Å². The van der Waals surface area contributed by atoms with Gasteiger partial charge in [-0.2, -0.15) is 5.10 Å². The van der Waals surface area contributed by atoms with E-state index in [0.717, 1.165) is 24.4 Å². The van der Waals surface area contributed by atoms with Crippen molar-refractivity contribution in [3.63, 3.8) is 0 Å². The Balaban J connectivity index is 1.97. The van der Waals surface area contributed by atoms with E-state index in [-0.39, 0.29) is 6.04 Å². The molecule has 2 heterocycles. The number of aromatic nitrogens is 2. The maximum absolute atomic E-state index is 5.36. The summed E-state index contributed by atoms with van der Waals surface area (Å²) in [4.78, 5) is 0. The second-order valence-corrected chi connectivity index (χ2v) is 4.25. The van der Waals surface area contributed by atoms with Crippen molar-refractivity contribution in [1.82, 2.24) is 15.1 Å². The molecule has 0 saturated heterocycles. The van der Waals surface area contributed by atoms with Crippen molar-refractivity contribution in [2.75, 3.05) is 0 Å². The van der Waals surface area contributed by atoms with Crippen LogP contribution >= 0.6 is 0 Å². The lowest BCUT2D eigenvalue weighted by atomic mass is 10.2. The highest BCUT2D eigenvalue weighted by Crippen LogP contribution is 2.14. The summed E-state index contributed by atoms with van der Waals surface area (Å²) >= 11 is 0. The molecule has 2 aromatic rings. The Kier molecular flexibility index (Phi) is 3.64. The first-order valence-corrected chi connectivity index (χ1v) is 5.99. The van der Waals surface area contributed by atoms with E-state index < -0.39 is 0 Å². The van der Waals surface area contributed by atoms with Crippen molar-refractivity contribution < 1.29 is 4.42 Å². The summed E-state index contributed by atoms with van der Waals surface area (Å²) in [7, 11) is 1.96. The van der Waals surface area contributed by atoms with E-state index in [2.05, 4.69) is 30.5 Å². The molecule has 1 atom stereocenters. The van der Waals surface area contributed by atoms with Crippen molar-refractivity contribution >= 4 is 0 Å². The third-order valence-corrected chi connectivity index (χ3v) is 2.90. The van der Waals surface area contributed by atoms with Crippen molar-refractivity contribution in [3.05, 3.63) is 41.6 Å². The van der Waals surface area contributed by atoms with Gasteiger partial charge in [-0.15, -0.1) is 0 Å². The second-order valence-electron chi connectivity index (χ2n) is 4.25. The van der Waals surface area contributed by atoms with Crippen LogP contribution in [0.4, 0.5) is 0 Å². The molecule has 0 fully saturated rings. The number of hydrogen-bond acceptors (Lipinski definition) is 3. The first-order chi connectivity index (χ1) is 8.20. The first-order valence-electron chi connectivity index (χ1n) is 5.99. The fourth-order valence-corrected chi connectivity index (χ4v) is 1.93. The molecule has 2 aromatic heterocycles. The summed E-state index contributed by atoms with van der Waals surface area (Å²) in [5.41, 5.74) is 2.42. The average molecular weight is 233 g/mol. The summed E-state index contributed by atoms with van der Waals surface area (Å²) in [5, 5.41) is 7.87. The predicted molar refractivity (Wildman–Crippen MR) is 66.5 cm³/mol. The maximum atomic E-state index is 5.36. The number of aryl methyl sites for hydroxylation is 2. The zero-order chi connectivity index (χ0) is 12.3. The highest BCUT2D eigenvalue weighted by molar-refractivity contribution is 5.17. The van der Waals surface area contributed by atoms with Crippen LogP contribution in [0.1, 0.15) is 36.9 Å².